The van der Waals surface area contributed by atoms with Crippen LogP contribution in [0.15, 0.2) is 17.8 Å². The van der Waals surface area contributed by atoms with Crippen molar-refractivity contribution in [2.75, 3.05) is 6.54 Å². The minimum atomic E-state index is -0.0358. The van der Waals surface area contributed by atoms with Crippen molar-refractivity contribution >= 4 is 39.8 Å². The molecule has 0 unspecified atom stereocenters. The van der Waals surface area contributed by atoms with E-state index < -0.39 is 0 Å². The van der Waals surface area contributed by atoms with Gasteiger partial charge >= 0.3 is 0 Å². The Morgan fingerprint density at radius 2 is 2.47 bits per heavy atom. The van der Waals surface area contributed by atoms with Crippen LogP contribution < -0.4 is 5.32 Å². The number of aryl methyl sites for hydroxylation is 1. The molecule has 0 atom stereocenters. The van der Waals surface area contributed by atoms with Crippen LogP contribution >= 0.6 is 33.9 Å². The topological polar surface area (TPSA) is 59.8 Å². The highest BCUT2D eigenvalue weighted by Crippen LogP contribution is 2.16. The van der Waals surface area contributed by atoms with Gasteiger partial charge in [-0.3, -0.25) is 4.79 Å². The predicted molar refractivity (Wildman–Crippen MR) is 74.1 cm³/mol. The van der Waals surface area contributed by atoms with E-state index in [2.05, 4.69) is 38.1 Å². The summed E-state index contributed by atoms with van der Waals surface area (Å²) >= 11 is 3.77. The summed E-state index contributed by atoms with van der Waals surface area (Å²) in [5.41, 5.74) is 0.720. The molecule has 0 aliphatic heterocycles. The molecule has 0 aliphatic rings. The second-order valence-electron chi connectivity index (χ2n) is 3.50. The monoisotopic (exact) mass is 362 g/mol. The highest BCUT2D eigenvalue weighted by molar-refractivity contribution is 14.1. The van der Waals surface area contributed by atoms with Crippen LogP contribution in [0.4, 0.5) is 0 Å². The Bertz CT molecular complexity index is 522. The summed E-state index contributed by atoms with van der Waals surface area (Å²) in [6.07, 6.45) is 2.34. The van der Waals surface area contributed by atoms with Gasteiger partial charge in [0.25, 0.3) is 5.91 Å². The van der Waals surface area contributed by atoms with Gasteiger partial charge < -0.3 is 9.88 Å². The van der Waals surface area contributed by atoms with Crippen LogP contribution in [0.5, 0.6) is 0 Å². The summed E-state index contributed by atoms with van der Waals surface area (Å²) in [7, 11) is 1.89. The fraction of sp³-hybridized carbons (Fsp3) is 0.300. The molecule has 1 amide bonds. The second kappa shape index (κ2) is 5.58. The molecule has 7 heteroatoms. The zero-order valence-corrected chi connectivity index (χ0v) is 12.2. The fourth-order valence-corrected chi connectivity index (χ4v) is 2.68. The van der Waals surface area contributed by atoms with Crippen molar-refractivity contribution in [3.63, 3.8) is 0 Å². The van der Waals surface area contributed by atoms with Gasteiger partial charge in [0.15, 0.2) is 0 Å². The third-order valence-corrected chi connectivity index (χ3v) is 4.06. The van der Waals surface area contributed by atoms with Crippen molar-refractivity contribution in [2.24, 2.45) is 7.05 Å². The minimum absolute atomic E-state index is 0.0358. The lowest BCUT2D eigenvalue weighted by Gasteiger charge is -2.03. The van der Waals surface area contributed by atoms with Gasteiger partial charge in [0.05, 0.1) is 8.45 Å². The number of nitrogens with one attached hydrogen (secondary N) is 1. The zero-order valence-electron chi connectivity index (χ0n) is 9.18. The van der Waals surface area contributed by atoms with Crippen molar-refractivity contribution in [1.82, 2.24) is 20.1 Å². The standard InChI is InChI=1S/C10H11IN4OS/c1-15-6-13-14-9(15)2-3-12-10(16)7-4-8(11)17-5-7/h4-6H,2-3H2,1H3,(H,12,16). The van der Waals surface area contributed by atoms with Crippen LogP contribution in [0.3, 0.4) is 0 Å². The lowest BCUT2D eigenvalue weighted by Crippen LogP contribution is -2.25. The molecule has 0 radical (unpaired) electrons. The fourth-order valence-electron chi connectivity index (χ4n) is 1.35. The normalized spacial score (nSPS) is 10.5. The van der Waals surface area contributed by atoms with E-state index in [1.807, 2.05) is 23.1 Å². The van der Waals surface area contributed by atoms with E-state index in [1.165, 1.54) is 0 Å². The highest BCUT2D eigenvalue weighted by Gasteiger charge is 2.07. The molecule has 0 aliphatic carbocycles. The average molecular weight is 362 g/mol. The summed E-state index contributed by atoms with van der Waals surface area (Å²) in [6, 6.07) is 1.88. The molecular formula is C10H11IN4OS. The molecule has 17 heavy (non-hydrogen) atoms. The number of halogens is 1. The number of thiophene rings is 1. The number of amides is 1. The molecule has 2 aromatic rings. The van der Waals surface area contributed by atoms with Crippen LogP contribution in [0.2, 0.25) is 0 Å². The quantitative estimate of drug-likeness (QED) is 0.838. The maximum atomic E-state index is 11.7. The molecule has 2 rings (SSSR count). The Morgan fingerprint density at radius 3 is 3.06 bits per heavy atom. The first kappa shape index (κ1) is 12.5. The van der Waals surface area contributed by atoms with Crippen LogP contribution in [0.1, 0.15) is 16.2 Å². The van der Waals surface area contributed by atoms with Gasteiger partial charge in [-0.05, 0) is 28.7 Å². The Morgan fingerprint density at radius 1 is 1.65 bits per heavy atom. The van der Waals surface area contributed by atoms with E-state index in [4.69, 9.17) is 0 Å². The highest BCUT2D eigenvalue weighted by atomic mass is 127. The van der Waals surface area contributed by atoms with E-state index in [9.17, 15) is 4.79 Å². The van der Waals surface area contributed by atoms with E-state index >= 15 is 0 Å². The molecule has 0 saturated carbocycles. The molecule has 1 N–H and O–H groups in total. The number of carbonyl (C=O) groups excluding carboxylic acids is 1. The minimum Gasteiger partial charge on any atom is -0.352 e. The Labute approximate surface area is 116 Å². The zero-order chi connectivity index (χ0) is 12.3. The van der Waals surface area contributed by atoms with Crippen LogP contribution in [-0.4, -0.2) is 27.2 Å². The van der Waals surface area contributed by atoms with Crippen LogP contribution in [0, 0.1) is 2.88 Å². The molecule has 2 aromatic heterocycles. The summed E-state index contributed by atoms with van der Waals surface area (Å²) in [6.45, 7) is 0.567. The van der Waals surface area contributed by atoms with Gasteiger partial charge in [0.2, 0.25) is 0 Å². The first-order valence-electron chi connectivity index (χ1n) is 5.02. The molecule has 5 nitrogen and oxygen atoms in total. The number of carbonyl (C=O) groups is 1. The average Bonchev–Trinajstić information content (AvgIpc) is 2.88. The maximum absolute atomic E-state index is 11.7. The van der Waals surface area contributed by atoms with Gasteiger partial charge in [-0.25, -0.2) is 0 Å². The van der Waals surface area contributed by atoms with E-state index in [1.54, 1.807) is 17.7 Å². The molecule has 90 valence electrons. The Kier molecular flexibility index (Phi) is 4.11. The van der Waals surface area contributed by atoms with Crippen molar-refractivity contribution in [1.29, 1.82) is 0 Å². The molecular weight excluding hydrogens is 351 g/mol. The maximum Gasteiger partial charge on any atom is 0.252 e. The molecule has 0 fully saturated rings. The first-order chi connectivity index (χ1) is 8.16. The van der Waals surface area contributed by atoms with Crippen molar-refractivity contribution in [2.45, 2.75) is 6.42 Å². The second-order valence-corrected chi connectivity index (χ2v) is 6.31. The van der Waals surface area contributed by atoms with Crippen molar-refractivity contribution in [3.8, 4) is 0 Å². The largest absolute Gasteiger partial charge is 0.352 e. The van der Waals surface area contributed by atoms with Crippen molar-refractivity contribution < 1.29 is 4.79 Å². The lowest BCUT2D eigenvalue weighted by molar-refractivity contribution is 0.0954. The van der Waals surface area contributed by atoms with Gasteiger partial charge in [0, 0.05) is 25.4 Å². The SMILES string of the molecule is Cn1cnnc1CCNC(=O)c1csc(I)c1. The smallest absolute Gasteiger partial charge is 0.252 e. The number of hydrogen-bond donors (Lipinski definition) is 1. The van der Waals surface area contributed by atoms with Crippen LogP contribution in [-0.2, 0) is 13.5 Å². The van der Waals surface area contributed by atoms with Crippen molar-refractivity contribution in [3.05, 3.63) is 32.0 Å². The van der Waals surface area contributed by atoms with E-state index in [0.717, 1.165) is 14.3 Å². The third-order valence-electron chi connectivity index (χ3n) is 2.27. The molecule has 0 aromatic carbocycles. The Hall–Kier alpha value is -0.960. The molecule has 0 bridgehead atoms. The van der Waals surface area contributed by atoms with Gasteiger partial charge in [-0.15, -0.1) is 21.5 Å². The summed E-state index contributed by atoms with van der Waals surface area (Å²) in [5.74, 6) is 0.830. The number of hydrogen-bond acceptors (Lipinski definition) is 4. The summed E-state index contributed by atoms with van der Waals surface area (Å²) in [5, 5.41) is 12.5. The predicted octanol–water partition coefficient (Wildman–Crippen LogP) is 1.45. The Balaban J connectivity index is 1.83. The van der Waals surface area contributed by atoms with Gasteiger partial charge in [0.1, 0.15) is 12.2 Å². The van der Waals surface area contributed by atoms with Gasteiger partial charge in [-0.1, -0.05) is 0 Å². The van der Waals surface area contributed by atoms with Crippen LogP contribution in [0.25, 0.3) is 0 Å². The van der Waals surface area contributed by atoms with E-state index in [0.29, 0.717) is 13.0 Å². The molecule has 0 spiro atoms. The number of aromatic nitrogens is 3. The summed E-state index contributed by atoms with van der Waals surface area (Å²) in [4.78, 5) is 11.7. The number of nitrogens with zero attached hydrogens (tertiary/aromatic N) is 3. The third kappa shape index (κ3) is 3.25. The van der Waals surface area contributed by atoms with E-state index in [-0.39, 0.29) is 5.91 Å². The first-order valence-corrected chi connectivity index (χ1v) is 6.98. The molecule has 2 heterocycles. The van der Waals surface area contributed by atoms with Gasteiger partial charge in [-0.2, -0.15) is 0 Å². The summed E-state index contributed by atoms with van der Waals surface area (Å²) < 4.78 is 2.96. The molecule has 0 saturated heterocycles. The number of rotatable bonds is 4. The lowest BCUT2D eigenvalue weighted by atomic mass is 10.3.